The number of piperidine rings is 1. The topological polar surface area (TPSA) is 28.2 Å². The van der Waals surface area contributed by atoms with Crippen LogP contribution in [-0.2, 0) is 0 Å². The number of aromatic nitrogens is 1. The molecule has 23 heavy (non-hydrogen) atoms. The molecule has 124 valence electrons. The van der Waals surface area contributed by atoms with Crippen molar-refractivity contribution in [3.63, 3.8) is 0 Å². The van der Waals surface area contributed by atoms with Crippen LogP contribution in [0.1, 0.15) is 49.2 Å². The molecule has 0 spiro atoms. The van der Waals surface area contributed by atoms with Crippen molar-refractivity contribution < 1.29 is 0 Å². The summed E-state index contributed by atoms with van der Waals surface area (Å²) in [4.78, 5) is 7.44. The Labute approximate surface area is 143 Å². The van der Waals surface area contributed by atoms with Crippen LogP contribution >= 0.6 is 11.3 Å². The van der Waals surface area contributed by atoms with Crippen molar-refractivity contribution in [2.75, 3.05) is 26.7 Å². The summed E-state index contributed by atoms with van der Waals surface area (Å²) in [5.41, 5.74) is 2.61. The van der Waals surface area contributed by atoms with Gasteiger partial charge in [0.05, 0.1) is 15.2 Å². The van der Waals surface area contributed by atoms with Crippen molar-refractivity contribution in [1.82, 2.24) is 15.2 Å². The summed E-state index contributed by atoms with van der Waals surface area (Å²) in [7, 11) is 2.22. The van der Waals surface area contributed by atoms with Crippen LogP contribution < -0.4 is 5.32 Å². The number of thiazole rings is 1. The molecule has 3 heterocycles. The standard InChI is InChI=1S/C19H27N3S/c1-12-4-6-16(20-9-12)14-5-7-18-17(8-14)21-19(23-18)15-11-22(3)10-13(15)2/h5,7-8,12-13,15-16,20H,4,6,9-11H2,1-3H3/t12-,13?,15?,16+/m0/s1. The number of nitrogens with zero attached hydrogens (tertiary/aromatic N) is 2. The highest BCUT2D eigenvalue weighted by Gasteiger charge is 2.31. The van der Waals surface area contributed by atoms with Gasteiger partial charge in [0.2, 0.25) is 0 Å². The van der Waals surface area contributed by atoms with E-state index in [0.717, 1.165) is 19.0 Å². The zero-order chi connectivity index (χ0) is 16.0. The van der Waals surface area contributed by atoms with Crippen LogP contribution in [0.2, 0.25) is 0 Å². The number of fused-ring (bicyclic) bond motifs is 1. The molecule has 4 rings (SSSR count). The quantitative estimate of drug-likeness (QED) is 0.902. The van der Waals surface area contributed by atoms with Crippen LogP contribution in [0.4, 0.5) is 0 Å². The predicted molar refractivity (Wildman–Crippen MR) is 98.2 cm³/mol. The Bertz CT molecular complexity index is 687. The maximum Gasteiger partial charge on any atom is 0.0985 e. The van der Waals surface area contributed by atoms with Gasteiger partial charge in [-0.15, -0.1) is 11.3 Å². The molecule has 3 nitrogen and oxygen atoms in total. The van der Waals surface area contributed by atoms with Crippen molar-refractivity contribution in [3.05, 3.63) is 28.8 Å². The van der Waals surface area contributed by atoms with Crippen LogP contribution in [0.15, 0.2) is 18.2 Å². The second-order valence-corrected chi connectivity index (χ2v) is 8.79. The Morgan fingerprint density at radius 3 is 2.78 bits per heavy atom. The van der Waals surface area contributed by atoms with E-state index in [9.17, 15) is 0 Å². The molecule has 0 bridgehead atoms. The van der Waals surface area contributed by atoms with E-state index in [1.807, 2.05) is 11.3 Å². The molecular weight excluding hydrogens is 302 g/mol. The number of likely N-dealkylation sites (tertiary alicyclic amines) is 1. The fourth-order valence-electron chi connectivity index (χ4n) is 4.15. The highest BCUT2D eigenvalue weighted by Crippen LogP contribution is 2.37. The van der Waals surface area contributed by atoms with Gasteiger partial charge in [0.15, 0.2) is 0 Å². The number of nitrogens with one attached hydrogen (secondary N) is 1. The lowest BCUT2D eigenvalue weighted by atomic mass is 9.92. The summed E-state index contributed by atoms with van der Waals surface area (Å²) in [6.45, 7) is 8.17. The molecule has 2 aliphatic rings. The minimum atomic E-state index is 0.511. The van der Waals surface area contributed by atoms with E-state index in [1.165, 1.54) is 40.2 Å². The first-order valence-corrected chi connectivity index (χ1v) is 9.74. The van der Waals surface area contributed by atoms with Gasteiger partial charge >= 0.3 is 0 Å². The van der Waals surface area contributed by atoms with E-state index in [2.05, 4.69) is 49.3 Å². The lowest BCUT2D eigenvalue weighted by Crippen LogP contribution is -2.31. The van der Waals surface area contributed by atoms with Crippen LogP contribution in [0.3, 0.4) is 0 Å². The monoisotopic (exact) mass is 329 g/mol. The Morgan fingerprint density at radius 2 is 2.09 bits per heavy atom. The number of hydrogen-bond donors (Lipinski definition) is 1. The number of likely N-dealkylation sites (N-methyl/N-ethyl adjacent to an activating group) is 1. The van der Waals surface area contributed by atoms with E-state index in [4.69, 9.17) is 4.98 Å². The van der Waals surface area contributed by atoms with Gasteiger partial charge < -0.3 is 10.2 Å². The molecule has 4 atom stereocenters. The molecule has 2 aliphatic heterocycles. The maximum absolute atomic E-state index is 5.01. The molecule has 0 radical (unpaired) electrons. The zero-order valence-electron chi connectivity index (χ0n) is 14.4. The Balaban J connectivity index is 1.60. The van der Waals surface area contributed by atoms with E-state index in [0.29, 0.717) is 17.9 Å². The van der Waals surface area contributed by atoms with E-state index < -0.39 is 0 Å². The first kappa shape index (κ1) is 15.6. The van der Waals surface area contributed by atoms with E-state index >= 15 is 0 Å². The van der Waals surface area contributed by atoms with Gasteiger partial charge in [-0.25, -0.2) is 4.98 Å². The average Bonchev–Trinajstić information content (AvgIpc) is 3.09. The van der Waals surface area contributed by atoms with E-state index in [-0.39, 0.29) is 0 Å². The van der Waals surface area contributed by atoms with E-state index in [1.54, 1.807) is 0 Å². The molecule has 1 aromatic heterocycles. The lowest BCUT2D eigenvalue weighted by molar-refractivity contribution is 0.333. The van der Waals surface area contributed by atoms with Crippen LogP contribution in [0, 0.1) is 11.8 Å². The molecular formula is C19H27N3S. The summed E-state index contributed by atoms with van der Waals surface area (Å²) in [5, 5.41) is 5.03. The molecule has 2 fully saturated rings. The summed E-state index contributed by atoms with van der Waals surface area (Å²) >= 11 is 1.90. The Kier molecular flexibility index (Phi) is 4.16. The molecule has 2 saturated heterocycles. The third kappa shape index (κ3) is 3.04. The van der Waals surface area contributed by atoms with Gasteiger partial charge in [-0.05, 0) is 56.0 Å². The van der Waals surface area contributed by atoms with Gasteiger partial charge in [-0.2, -0.15) is 0 Å². The van der Waals surface area contributed by atoms with Gasteiger partial charge in [0.1, 0.15) is 0 Å². The van der Waals surface area contributed by atoms with Gasteiger partial charge in [0, 0.05) is 25.0 Å². The highest BCUT2D eigenvalue weighted by atomic mass is 32.1. The molecule has 2 unspecified atom stereocenters. The Hall–Kier alpha value is -0.970. The fourth-order valence-corrected chi connectivity index (χ4v) is 5.32. The van der Waals surface area contributed by atoms with Crippen molar-refractivity contribution in [3.8, 4) is 0 Å². The SMILES string of the molecule is CC1CN(C)CC1c1nc2cc([C@H]3CC[C@H](C)CN3)ccc2s1. The summed E-state index contributed by atoms with van der Waals surface area (Å²) in [6.07, 6.45) is 2.57. The molecule has 1 aromatic carbocycles. The molecule has 1 N–H and O–H groups in total. The minimum Gasteiger partial charge on any atom is -0.310 e. The van der Waals surface area contributed by atoms with Crippen LogP contribution in [0.5, 0.6) is 0 Å². The molecule has 4 heteroatoms. The smallest absolute Gasteiger partial charge is 0.0985 e. The Morgan fingerprint density at radius 1 is 1.22 bits per heavy atom. The second-order valence-electron chi connectivity index (χ2n) is 7.73. The summed E-state index contributed by atoms with van der Waals surface area (Å²) in [5.74, 6) is 2.12. The first-order valence-electron chi connectivity index (χ1n) is 8.92. The van der Waals surface area contributed by atoms with Crippen molar-refractivity contribution >= 4 is 21.6 Å². The van der Waals surface area contributed by atoms with Crippen LogP contribution in [-0.4, -0.2) is 36.6 Å². The number of hydrogen-bond acceptors (Lipinski definition) is 4. The third-order valence-corrected chi connectivity index (χ3v) is 6.77. The summed E-state index contributed by atoms with van der Waals surface area (Å²) < 4.78 is 1.34. The van der Waals surface area contributed by atoms with Crippen molar-refractivity contribution in [2.24, 2.45) is 11.8 Å². The lowest BCUT2D eigenvalue weighted by Gasteiger charge is -2.28. The van der Waals surface area contributed by atoms with Gasteiger partial charge in [-0.3, -0.25) is 0 Å². The predicted octanol–water partition coefficient (Wildman–Crippen LogP) is 4.02. The van der Waals surface area contributed by atoms with Gasteiger partial charge in [0.25, 0.3) is 0 Å². The van der Waals surface area contributed by atoms with Crippen molar-refractivity contribution in [1.29, 1.82) is 0 Å². The third-order valence-electron chi connectivity index (χ3n) is 5.60. The van der Waals surface area contributed by atoms with Gasteiger partial charge in [-0.1, -0.05) is 19.9 Å². The summed E-state index contributed by atoms with van der Waals surface area (Å²) in [6, 6.07) is 7.43. The molecule has 0 amide bonds. The fraction of sp³-hybridized carbons (Fsp3) is 0.632. The van der Waals surface area contributed by atoms with Crippen LogP contribution in [0.25, 0.3) is 10.2 Å². The number of benzene rings is 1. The maximum atomic E-state index is 5.01. The molecule has 0 aliphatic carbocycles. The largest absolute Gasteiger partial charge is 0.310 e. The highest BCUT2D eigenvalue weighted by molar-refractivity contribution is 7.18. The zero-order valence-corrected chi connectivity index (χ0v) is 15.2. The minimum absolute atomic E-state index is 0.511. The average molecular weight is 330 g/mol. The van der Waals surface area contributed by atoms with Crippen molar-refractivity contribution in [2.45, 2.75) is 38.6 Å². The normalized spacial score (nSPS) is 32.7. The molecule has 2 aromatic rings. The second kappa shape index (κ2) is 6.15. The first-order chi connectivity index (χ1) is 11.1. The molecule has 0 saturated carbocycles. The number of rotatable bonds is 2.